The van der Waals surface area contributed by atoms with Gasteiger partial charge in [-0.3, -0.25) is 19.4 Å². The number of unbranched alkanes of at least 4 members (excludes halogenated alkanes) is 3. The molecule has 59 heavy (non-hydrogen) atoms. The number of likely N-dealkylation sites (tertiary alicyclic amines) is 2. The zero-order valence-corrected chi connectivity index (χ0v) is 36.2. The molecule has 2 aromatic carbocycles. The Morgan fingerprint density at radius 3 is 2.29 bits per heavy atom. The first-order valence-corrected chi connectivity index (χ1v) is 24.3. The highest BCUT2D eigenvalue weighted by Crippen LogP contribution is 2.64. The quantitative estimate of drug-likeness (QED) is 0.0769. The van der Waals surface area contributed by atoms with Gasteiger partial charge in [0.1, 0.15) is 11.9 Å². The number of rotatable bonds is 15. The van der Waals surface area contributed by atoms with Crippen molar-refractivity contribution < 1.29 is 23.8 Å². The molecule has 4 unspecified atom stereocenters. The fourth-order valence-corrected chi connectivity index (χ4v) is 14.3. The topological polar surface area (TPSA) is 68.3 Å². The van der Waals surface area contributed by atoms with Gasteiger partial charge >= 0.3 is 11.9 Å². The molecule has 10 rings (SSSR count). The van der Waals surface area contributed by atoms with E-state index in [9.17, 15) is 9.59 Å². The van der Waals surface area contributed by atoms with Crippen LogP contribution < -0.4 is 14.2 Å². The van der Waals surface area contributed by atoms with Crippen molar-refractivity contribution >= 4 is 11.9 Å². The molecule has 3 saturated carbocycles. The number of piperidine rings is 2. The van der Waals surface area contributed by atoms with E-state index in [0.717, 1.165) is 101 Å². The number of carbonyl (C=O) groups excluding carboxylic acids is 2. The van der Waals surface area contributed by atoms with Crippen molar-refractivity contribution in [2.45, 2.75) is 171 Å². The average molecular weight is 803 g/mol. The molecule has 2 aromatic rings. The number of esters is 2. The van der Waals surface area contributed by atoms with Crippen molar-refractivity contribution in [3.8, 4) is 17.2 Å². The maximum Gasteiger partial charge on any atom is 0.314 e. The normalized spacial score (nSPS) is 32.7. The Bertz CT molecular complexity index is 1920. The molecule has 7 heteroatoms. The summed E-state index contributed by atoms with van der Waals surface area (Å²) in [6.07, 6.45) is 25.5. The summed E-state index contributed by atoms with van der Waals surface area (Å²) < 4.78 is 19.1. The Kier molecular flexibility index (Phi) is 11.0. The van der Waals surface area contributed by atoms with Gasteiger partial charge in [-0.1, -0.05) is 77.0 Å². The second-order valence-electron chi connectivity index (χ2n) is 20.7. The number of benzene rings is 2. The first-order valence-electron chi connectivity index (χ1n) is 24.3. The van der Waals surface area contributed by atoms with Crippen LogP contribution in [0.5, 0.6) is 17.2 Å². The molecule has 8 aliphatic rings. The van der Waals surface area contributed by atoms with E-state index in [0.29, 0.717) is 23.8 Å². The zero-order valence-electron chi connectivity index (χ0n) is 36.2. The van der Waals surface area contributed by atoms with Crippen LogP contribution in [0.25, 0.3) is 0 Å². The van der Waals surface area contributed by atoms with Gasteiger partial charge in [-0.2, -0.15) is 0 Å². The average Bonchev–Trinajstić information content (AvgIpc) is 3.57. The standard InChI is InChI=1S/C52H70N2O5/c1-4-27-53-29-26-52-41-18-12-19-46(52)59-48-45(23-21-38(47(48)52)31-44(41)53)58-50(56)35(3)14-8-6-5-7-13-34(2)49(55)57-39-22-20-37-30-43-40-17-9-10-24-51(40,42(37)32-39)25-28-54(43)33-36-15-11-16-36/h4,20-23,32,34-36,40-41,43-44,46H,1,5-19,24-31,33H2,2-3H3/t34?,35?,40-,41-,43?,44?,46-,51+,52+/m0/s1. The summed E-state index contributed by atoms with van der Waals surface area (Å²) in [4.78, 5) is 32.4. The van der Waals surface area contributed by atoms with Gasteiger partial charge in [0, 0.05) is 41.6 Å². The third-order valence-corrected chi connectivity index (χ3v) is 17.6. The van der Waals surface area contributed by atoms with E-state index in [1.54, 1.807) is 0 Å². The van der Waals surface area contributed by atoms with Gasteiger partial charge < -0.3 is 14.2 Å². The first-order chi connectivity index (χ1) is 28.8. The van der Waals surface area contributed by atoms with Crippen LogP contribution in [0.1, 0.15) is 152 Å². The largest absolute Gasteiger partial charge is 0.485 e. The lowest BCUT2D eigenvalue weighted by Gasteiger charge is -2.59. The molecule has 9 atom stereocenters. The van der Waals surface area contributed by atoms with Crippen LogP contribution in [0.2, 0.25) is 0 Å². The molecule has 1 spiro atoms. The number of hydrogen-bond acceptors (Lipinski definition) is 7. The lowest BCUT2D eigenvalue weighted by molar-refractivity contribution is -0.139. The van der Waals surface area contributed by atoms with Crippen molar-refractivity contribution in [1.82, 2.24) is 9.80 Å². The molecule has 5 fully saturated rings. The highest BCUT2D eigenvalue weighted by molar-refractivity contribution is 5.77. The number of fused-ring (bicyclic) bond motifs is 1. The van der Waals surface area contributed by atoms with E-state index in [1.165, 1.54) is 99.6 Å². The summed E-state index contributed by atoms with van der Waals surface area (Å²) in [5.74, 6) is 3.89. The third kappa shape index (κ3) is 6.91. The first kappa shape index (κ1) is 39.9. The van der Waals surface area contributed by atoms with E-state index in [1.807, 2.05) is 19.9 Å². The number of hydrogen-bond donors (Lipinski definition) is 0. The Morgan fingerprint density at radius 2 is 1.51 bits per heavy atom. The minimum Gasteiger partial charge on any atom is -0.485 e. The Labute approximate surface area is 354 Å². The molecule has 4 bridgehead atoms. The molecule has 318 valence electrons. The number of ether oxygens (including phenoxy) is 3. The molecule has 3 aliphatic heterocycles. The second kappa shape index (κ2) is 16.3. The van der Waals surface area contributed by atoms with Crippen LogP contribution in [0, 0.1) is 29.6 Å². The molecular weight excluding hydrogens is 733 g/mol. The van der Waals surface area contributed by atoms with E-state index in [-0.39, 0.29) is 40.7 Å². The summed E-state index contributed by atoms with van der Waals surface area (Å²) in [5.41, 5.74) is 6.08. The molecule has 7 nitrogen and oxygen atoms in total. The van der Waals surface area contributed by atoms with Gasteiger partial charge in [0.05, 0.1) is 11.8 Å². The smallest absolute Gasteiger partial charge is 0.314 e. The van der Waals surface area contributed by atoms with Crippen molar-refractivity contribution in [3.63, 3.8) is 0 Å². The molecule has 5 aliphatic carbocycles. The van der Waals surface area contributed by atoms with Crippen molar-refractivity contribution in [2.75, 3.05) is 26.2 Å². The van der Waals surface area contributed by atoms with Crippen molar-refractivity contribution in [1.29, 1.82) is 0 Å². The van der Waals surface area contributed by atoms with Gasteiger partial charge in [-0.15, -0.1) is 6.58 Å². The van der Waals surface area contributed by atoms with Gasteiger partial charge in [-0.25, -0.2) is 0 Å². The fourth-order valence-electron chi connectivity index (χ4n) is 14.3. The van der Waals surface area contributed by atoms with Gasteiger partial charge in [0.15, 0.2) is 11.5 Å². The maximum absolute atomic E-state index is 13.5. The Hall–Kier alpha value is -3.16. The summed E-state index contributed by atoms with van der Waals surface area (Å²) in [7, 11) is 0. The predicted octanol–water partition coefficient (Wildman–Crippen LogP) is 10.3. The number of nitrogens with zero attached hydrogens (tertiary/aromatic N) is 2. The Balaban J connectivity index is 0.688. The van der Waals surface area contributed by atoms with Gasteiger partial charge in [0.2, 0.25) is 0 Å². The van der Waals surface area contributed by atoms with Crippen molar-refractivity contribution in [2.24, 2.45) is 29.6 Å². The zero-order chi connectivity index (χ0) is 40.3. The molecule has 0 radical (unpaired) electrons. The van der Waals surface area contributed by atoms with Gasteiger partial charge in [0.25, 0.3) is 0 Å². The van der Waals surface area contributed by atoms with E-state index >= 15 is 0 Å². The fraction of sp³-hybridized carbons (Fsp3) is 0.692. The summed E-state index contributed by atoms with van der Waals surface area (Å²) >= 11 is 0. The van der Waals surface area contributed by atoms with Crippen LogP contribution in [-0.2, 0) is 33.3 Å². The Morgan fingerprint density at radius 1 is 0.797 bits per heavy atom. The third-order valence-electron chi connectivity index (χ3n) is 17.6. The molecule has 0 N–H and O–H groups in total. The summed E-state index contributed by atoms with van der Waals surface area (Å²) in [6.45, 7) is 12.6. The highest BCUT2D eigenvalue weighted by atomic mass is 16.6. The van der Waals surface area contributed by atoms with Crippen LogP contribution >= 0.6 is 0 Å². The molecule has 0 aromatic heterocycles. The lowest BCUT2D eigenvalue weighted by Crippen LogP contribution is -2.64. The van der Waals surface area contributed by atoms with Gasteiger partial charge in [-0.05, 0) is 149 Å². The van der Waals surface area contributed by atoms with E-state index in [2.05, 4.69) is 46.7 Å². The monoisotopic (exact) mass is 803 g/mol. The SMILES string of the molecule is C=CCN1CC[C@]23c4c5ccc(OC(=O)C(C)CCCCCCC(C)C(=O)Oc6ccc7c(c6)[C@@]68CCCC[C@H]6C(C7)N(CC6CCC6)CC8)c4O[C@H]2CCC[C@H]3C1C5. The minimum atomic E-state index is -0.181. The lowest BCUT2D eigenvalue weighted by atomic mass is 9.52. The second-order valence-corrected chi connectivity index (χ2v) is 20.7. The molecular formula is C52H70N2O5. The van der Waals surface area contributed by atoms with Crippen LogP contribution in [-0.4, -0.2) is 66.1 Å². The highest BCUT2D eigenvalue weighted by Gasteiger charge is 2.63. The van der Waals surface area contributed by atoms with E-state index in [4.69, 9.17) is 14.2 Å². The summed E-state index contributed by atoms with van der Waals surface area (Å²) in [5, 5.41) is 0. The molecule has 2 saturated heterocycles. The van der Waals surface area contributed by atoms with Crippen LogP contribution in [0.4, 0.5) is 0 Å². The maximum atomic E-state index is 13.5. The molecule has 3 heterocycles. The van der Waals surface area contributed by atoms with Crippen LogP contribution in [0.3, 0.4) is 0 Å². The number of carbonyl (C=O) groups is 2. The van der Waals surface area contributed by atoms with Crippen LogP contribution in [0.15, 0.2) is 43.0 Å². The minimum absolute atomic E-state index is 0.0574. The van der Waals surface area contributed by atoms with Crippen molar-refractivity contribution in [3.05, 3.63) is 65.2 Å². The van der Waals surface area contributed by atoms with E-state index < -0.39 is 0 Å². The molecule has 0 amide bonds. The predicted molar refractivity (Wildman–Crippen MR) is 232 cm³/mol. The summed E-state index contributed by atoms with van der Waals surface area (Å²) in [6, 6.07) is 12.1.